The largest absolute Gasteiger partial charge is 0.481 e. The molecule has 0 amide bonds. The average Bonchev–Trinajstić information content (AvgIpc) is 2.82. The summed E-state index contributed by atoms with van der Waals surface area (Å²) in [5.41, 5.74) is 0.208. The Bertz CT molecular complexity index is 823. The predicted octanol–water partition coefficient (Wildman–Crippen LogP) is 3.31. The molecule has 23 heavy (non-hydrogen) atoms. The van der Waals surface area contributed by atoms with Crippen molar-refractivity contribution in [2.24, 2.45) is 11.3 Å². The molecule has 0 aromatic carbocycles. The van der Waals surface area contributed by atoms with Gasteiger partial charge in [0.05, 0.1) is 10.8 Å². The summed E-state index contributed by atoms with van der Waals surface area (Å²) in [6.07, 6.45) is 3.08. The van der Waals surface area contributed by atoms with Crippen LogP contribution in [0.25, 0.3) is 10.2 Å². The van der Waals surface area contributed by atoms with Crippen LogP contribution in [0, 0.1) is 11.3 Å². The van der Waals surface area contributed by atoms with Crippen LogP contribution in [0.3, 0.4) is 0 Å². The fourth-order valence-electron chi connectivity index (χ4n) is 2.71. The zero-order chi connectivity index (χ0) is 16.8. The highest BCUT2D eigenvalue weighted by Crippen LogP contribution is 2.36. The number of aromatic amines is 1. The molecule has 7 heteroatoms. The number of nitrogens with zero attached hydrogens (tertiary/aromatic N) is 1. The van der Waals surface area contributed by atoms with E-state index in [0.717, 1.165) is 29.5 Å². The number of carbonyl (C=O) groups is 1. The Morgan fingerprint density at radius 3 is 2.96 bits per heavy atom. The van der Waals surface area contributed by atoms with Gasteiger partial charge >= 0.3 is 5.97 Å². The quantitative estimate of drug-likeness (QED) is 0.651. The number of carboxylic acids is 1. The van der Waals surface area contributed by atoms with Gasteiger partial charge in [0.1, 0.15) is 4.83 Å². The molecule has 2 aromatic rings. The van der Waals surface area contributed by atoms with E-state index in [1.165, 1.54) is 22.2 Å². The lowest BCUT2D eigenvalue weighted by Gasteiger charge is -2.17. The van der Waals surface area contributed by atoms with Crippen molar-refractivity contribution in [3.05, 3.63) is 20.8 Å². The molecule has 0 aliphatic heterocycles. The molecular weight excluding hydrogens is 332 g/mol. The lowest BCUT2D eigenvalue weighted by Crippen LogP contribution is -2.26. The van der Waals surface area contributed by atoms with Gasteiger partial charge in [-0.2, -0.15) is 0 Å². The van der Waals surface area contributed by atoms with Crippen LogP contribution in [0.4, 0.5) is 0 Å². The van der Waals surface area contributed by atoms with Gasteiger partial charge in [0.25, 0.3) is 5.56 Å². The number of aliphatic carboxylic acids is 1. The van der Waals surface area contributed by atoms with Gasteiger partial charge in [-0.3, -0.25) is 9.59 Å². The SMILES string of the molecule is CC1CCc2c(sc3nc(SCC(C)(C)C(=O)O)[nH]c(=O)c23)C1. The van der Waals surface area contributed by atoms with E-state index < -0.39 is 11.4 Å². The number of hydrogen-bond acceptors (Lipinski definition) is 5. The number of fused-ring (bicyclic) bond motifs is 3. The van der Waals surface area contributed by atoms with Crippen molar-refractivity contribution in [1.82, 2.24) is 9.97 Å². The Kier molecular flexibility index (Phi) is 4.27. The molecule has 5 nitrogen and oxygen atoms in total. The minimum Gasteiger partial charge on any atom is -0.481 e. The Hall–Kier alpha value is -1.34. The summed E-state index contributed by atoms with van der Waals surface area (Å²) >= 11 is 2.90. The first-order chi connectivity index (χ1) is 10.8. The fourth-order valence-corrected chi connectivity index (χ4v) is 5.09. The molecular formula is C16H20N2O3S2. The van der Waals surface area contributed by atoms with Gasteiger partial charge in [-0.1, -0.05) is 18.7 Å². The summed E-state index contributed by atoms with van der Waals surface area (Å²) in [5, 5.41) is 10.4. The van der Waals surface area contributed by atoms with Gasteiger partial charge < -0.3 is 10.1 Å². The molecule has 0 saturated carbocycles. The zero-order valence-electron chi connectivity index (χ0n) is 13.4. The third-order valence-corrected chi connectivity index (χ3v) is 6.77. The van der Waals surface area contributed by atoms with Crippen molar-refractivity contribution in [2.75, 3.05) is 5.75 Å². The first-order valence-corrected chi connectivity index (χ1v) is 9.49. The van der Waals surface area contributed by atoms with Crippen LogP contribution in [0.1, 0.15) is 37.6 Å². The highest BCUT2D eigenvalue weighted by Gasteiger charge is 2.28. The summed E-state index contributed by atoms with van der Waals surface area (Å²) in [5.74, 6) is 0.160. The maximum Gasteiger partial charge on any atom is 0.309 e. The van der Waals surface area contributed by atoms with Crippen molar-refractivity contribution in [2.45, 2.75) is 45.2 Å². The molecule has 0 spiro atoms. The molecule has 124 valence electrons. The van der Waals surface area contributed by atoms with Gasteiger partial charge in [0.2, 0.25) is 0 Å². The van der Waals surface area contributed by atoms with E-state index in [1.807, 2.05) is 0 Å². The highest BCUT2D eigenvalue weighted by atomic mass is 32.2. The maximum absolute atomic E-state index is 12.5. The third-order valence-electron chi connectivity index (χ3n) is 4.29. The fraction of sp³-hybridized carbons (Fsp3) is 0.562. The second kappa shape index (κ2) is 5.94. The minimum atomic E-state index is -0.859. The number of aromatic nitrogens is 2. The molecule has 1 aliphatic rings. The average molecular weight is 352 g/mol. The van der Waals surface area contributed by atoms with Crippen LogP contribution >= 0.6 is 23.1 Å². The molecule has 0 radical (unpaired) electrons. The molecule has 2 N–H and O–H groups in total. The van der Waals surface area contributed by atoms with Gasteiger partial charge in [-0.25, -0.2) is 4.98 Å². The summed E-state index contributed by atoms with van der Waals surface area (Å²) in [4.78, 5) is 33.1. The molecule has 0 saturated heterocycles. The lowest BCUT2D eigenvalue weighted by molar-refractivity contribution is -0.145. The second-order valence-electron chi connectivity index (χ2n) is 6.88. The van der Waals surface area contributed by atoms with E-state index in [4.69, 9.17) is 0 Å². The number of thiophene rings is 1. The van der Waals surface area contributed by atoms with E-state index in [0.29, 0.717) is 16.8 Å². The van der Waals surface area contributed by atoms with Crippen molar-refractivity contribution in [3.63, 3.8) is 0 Å². The van der Waals surface area contributed by atoms with Crippen LogP contribution in [0.15, 0.2) is 9.95 Å². The van der Waals surface area contributed by atoms with Crippen molar-refractivity contribution in [1.29, 1.82) is 0 Å². The first-order valence-electron chi connectivity index (χ1n) is 7.68. The molecule has 3 rings (SSSR count). The number of thioether (sulfide) groups is 1. The van der Waals surface area contributed by atoms with Gasteiger partial charge in [-0.05, 0) is 44.6 Å². The predicted molar refractivity (Wildman–Crippen MR) is 93.6 cm³/mol. The Balaban J connectivity index is 1.93. The second-order valence-corrected chi connectivity index (χ2v) is 8.93. The van der Waals surface area contributed by atoms with Gasteiger partial charge in [0, 0.05) is 10.6 Å². The molecule has 1 atom stereocenters. The summed E-state index contributed by atoms with van der Waals surface area (Å²) in [7, 11) is 0. The molecule has 1 aliphatic carbocycles. The lowest BCUT2D eigenvalue weighted by atomic mass is 9.89. The van der Waals surface area contributed by atoms with E-state index >= 15 is 0 Å². The normalized spacial score (nSPS) is 18.1. The van der Waals surface area contributed by atoms with Crippen LogP contribution < -0.4 is 5.56 Å². The van der Waals surface area contributed by atoms with Gasteiger partial charge in [0.15, 0.2) is 5.16 Å². The monoisotopic (exact) mass is 352 g/mol. The van der Waals surface area contributed by atoms with Crippen LogP contribution in [0.5, 0.6) is 0 Å². The summed E-state index contributed by atoms with van der Waals surface area (Å²) in [6, 6.07) is 0. The number of nitrogens with one attached hydrogen (secondary N) is 1. The molecule has 0 bridgehead atoms. The minimum absolute atomic E-state index is 0.0994. The zero-order valence-corrected chi connectivity index (χ0v) is 15.1. The van der Waals surface area contributed by atoms with Crippen LogP contribution in [0.2, 0.25) is 0 Å². The highest BCUT2D eigenvalue weighted by molar-refractivity contribution is 7.99. The van der Waals surface area contributed by atoms with Crippen molar-refractivity contribution >= 4 is 39.3 Å². The van der Waals surface area contributed by atoms with Crippen LogP contribution in [-0.4, -0.2) is 26.8 Å². The number of carboxylic acid groups (broad SMARTS) is 1. The Morgan fingerprint density at radius 2 is 2.26 bits per heavy atom. The standard InChI is InChI=1S/C16H20N2O3S2/c1-8-4-5-9-10(6-8)23-13-11(9)12(19)17-15(18-13)22-7-16(2,3)14(20)21/h8H,4-7H2,1-3H3,(H,20,21)(H,17,18,19). The number of hydrogen-bond donors (Lipinski definition) is 2. The third kappa shape index (κ3) is 3.17. The smallest absolute Gasteiger partial charge is 0.309 e. The molecule has 2 aromatic heterocycles. The van der Waals surface area contributed by atoms with E-state index in [2.05, 4.69) is 16.9 Å². The number of rotatable bonds is 4. The van der Waals surface area contributed by atoms with E-state index in [9.17, 15) is 14.7 Å². The number of aryl methyl sites for hydroxylation is 1. The Morgan fingerprint density at radius 1 is 1.52 bits per heavy atom. The molecule has 2 heterocycles. The van der Waals surface area contributed by atoms with E-state index in [1.54, 1.807) is 25.2 Å². The van der Waals surface area contributed by atoms with Gasteiger partial charge in [-0.15, -0.1) is 11.3 Å². The van der Waals surface area contributed by atoms with Crippen molar-refractivity contribution < 1.29 is 9.90 Å². The van der Waals surface area contributed by atoms with Crippen LogP contribution in [-0.2, 0) is 17.6 Å². The molecule has 0 fully saturated rings. The maximum atomic E-state index is 12.5. The first kappa shape index (κ1) is 16.5. The topological polar surface area (TPSA) is 83.0 Å². The number of H-pyrrole nitrogens is 1. The Labute approximate surface area is 142 Å². The summed E-state index contributed by atoms with van der Waals surface area (Å²) < 4.78 is 0. The van der Waals surface area contributed by atoms with Crippen molar-refractivity contribution in [3.8, 4) is 0 Å². The van der Waals surface area contributed by atoms with E-state index in [-0.39, 0.29) is 5.56 Å². The molecule has 1 unspecified atom stereocenters. The summed E-state index contributed by atoms with van der Waals surface area (Å²) in [6.45, 7) is 5.58.